The van der Waals surface area contributed by atoms with Crippen LogP contribution in [-0.2, 0) is 11.3 Å². The molecule has 0 radical (unpaired) electrons. The van der Waals surface area contributed by atoms with Crippen molar-refractivity contribution in [3.63, 3.8) is 0 Å². The highest BCUT2D eigenvalue weighted by Crippen LogP contribution is 2.38. The zero-order valence-electron chi connectivity index (χ0n) is 18.8. The van der Waals surface area contributed by atoms with Crippen LogP contribution in [0.3, 0.4) is 0 Å². The number of aliphatic hydroxyl groups is 1. The predicted octanol–water partition coefficient (Wildman–Crippen LogP) is 3.89. The number of likely N-dealkylation sites (tertiary alicyclic amines) is 1. The zero-order chi connectivity index (χ0) is 24.2. The molecule has 35 heavy (non-hydrogen) atoms. The molecule has 1 N–H and O–H groups in total. The minimum atomic E-state index is -0.833. The van der Waals surface area contributed by atoms with Crippen molar-refractivity contribution in [2.24, 2.45) is 0 Å². The Hall–Kier alpha value is -3.82. The molecular weight excluding hydrogens is 464 g/mol. The van der Waals surface area contributed by atoms with Crippen molar-refractivity contribution < 1.29 is 19.4 Å². The number of nitrogens with zero attached hydrogens (tertiary/aromatic N) is 4. The third-order valence-electron chi connectivity index (χ3n) is 6.10. The smallest absolute Gasteiger partial charge is 0.338 e. The molecule has 0 bridgehead atoms. The summed E-state index contributed by atoms with van der Waals surface area (Å²) in [5, 5.41) is 21.2. The summed E-state index contributed by atoms with van der Waals surface area (Å²) < 4.78 is 6.96. The molecule has 178 valence electrons. The Labute approximate surface area is 206 Å². The summed E-state index contributed by atoms with van der Waals surface area (Å²) in [4.78, 5) is 27.8. The molecule has 1 fully saturated rings. The standard InChI is InChI=1S/C26H24N4O4S/c31-23-16-29(25(32)24-12-7-13-35-24)21(18-8-3-1-4-9-18)14-22(23)30-15-20(27-28-30)17-34-26(33)19-10-5-2-6-11-19/h1-13,15,21-23,31H,14,16-17H2/t21-,22-,23-/m1/s1. The van der Waals surface area contributed by atoms with Gasteiger partial charge < -0.3 is 14.7 Å². The normalized spacial score (nSPS) is 19.9. The second-order valence-corrected chi connectivity index (χ2v) is 9.31. The molecule has 0 spiro atoms. The Kier molecular flexibility index (Phi) is 6.69. The van der Waals surface area contributed by atoms with E-state index < -0.39 is 18.1 Å². The summed E-state index contributed by atoms with van der Waals surface area (Å²) in [5.74, 6) is -0.539. The number of carbonyl (C=O) groups is 2. The molecule has 1 aliphatic rings. The van der Waals surface area contributed by atoms with Crippen LogP contribution in [0.25, 0.3) is 0 Å². The van der Waals surface area contributed by atoms with Crippen molar-refractivity contribution in [3.8, 4) is 0 Å². The number of hydrogen-bond acceptors (Lipinski definition) is 7. The van der Waals surface area contributed by atoms with Crippen LogP contribution in [0.5, 0.6) is 0 Å². The molecule has 1 saturated heterocycles. The highest BCUT2D eigenvalue weighted by Gasteiger charge is 2.39. The molecule has 9 heteroatoms. The third kappa shape index (κ3) is 5.01. The Bertz CT molecular complexity index is 1280. The van der Waals surface area contributed by atoms with E-state index in [9.17, 15) is 14.7 Å². The Morgan fingerprint density at radius 3 is 2.49 bits per heavy atom. The monoisotopic (exact) mass is 488 g/mol. The Balaban J connectivity index is 1.33. The number of piperidine rings is 1. The molecule has 4 aromatic rings. The fourth-order valence-corrected chi connectivity index (χ4v) is 5.02. The van der Waals surface area contributed by atoms with Crippen LogP contribution in [0.2, 0.25) is 0 Å². The summed E-state index contributed by atoms with van der Waals surface area (Å²) in [6.07, 6.45) is 1.32. The summed E-state index contributed by atoms with van der Waals surface area (Å²) in [7, 11) is 0. The van der Waals surface area contributed by atoms with Crippen LogP contribution in [-0.4, -0.2) is 49.5 Å². The molecule has 0 unspecified atom stereocenters. The first-order valence-electron chi connectivity index (χ1n) is 11.3. The third-order valence-corrected chi connectivity index (χ3v) is 6.96. The second kappa shape index (κ2) is 10.2. The lowest BCUT2D eigenvalue weighted by Gasteiger charge is -2.42. The van der Waals surface area contributed by atoms with E-state index >= 15 is 0 Å². The lowest BCUT2D eigenvalue weighted by Crippen LogP contribution is -2.49. The number of aliphatic hydroxyl groups excluding tert-OH is 1. The van der Waals surface area contributed by atoms with Gasteiger partial charge in [0.05, 0.1) is 34.8 Å². The van der Waals surface area contributed by atoms with Gasteiger partial charge in [0, 0.05) is 6.54 Å². The summed E-state index contributed by atoms with van der Waals surface area (Å²) in [6, 6.07) is 21.6. The number of carbonyl (C=O) groups excluding carboxylic acids is 2. The van der Waals surface area contributed by atoms with E-state index in [1.54, 1.807) is 46.1 Å². The lowest BCUT2D eigenvalue weighted by atomic mass is 9.90. The molecule has 3 atom stereocenters. The van der Waals surface area contributed by atoms with Crippen molar-refractivity contribution in [3.05, 3.63) is 106 Å². The second-order valence-electron chi connectivity index (χ2n) is 8.36. The largest absolute Gasteiger partial charge is 0.455 e. The number of esters is 1. The van der Waals surface area contributed by atoms with E-state index in [4.69, 9.17) is 4.74 Å². The van der Waals surface area contributed by atoms with Crippen molar-refractivity contribution in [2.75, 3.05) is 6.54 Å². The van der Waals surface area contributed by atoms with Crippen molar-refractivity contribution in [1.82, 2.24) is 19.9 Å². The van der Waals surface area contributed by atoms with Crippen molar-refractivity contribution >= 4 is 23.2 Å². The zero-order valence-corrected chi connectivity index (χ0v) is 19.6. The number of rotatable bonds is 6. The van der Waals surface area contributed by atoms with Gasteiger partial charge in [-0.25, -0.2) is 9.48 Å². The number of benzene rings is 2. The maximum Gasteiger partial charge on any atom is 0.338 e. The molecule has 1 aliphatic heterocycles. The highest BCUT2D eigenvalue weighted by atomic mass is 32.1. The molecule has 5 rings (SSSR count). The maximum absolute atomic E-state index is 13.2. The summed E-state index contributed by atoms with van der Waals surface area (Å²) >= 11 is 1.39. The van der Waals surface area contributed by atoms with Crippen LogP contribution >= 0.6 is 11.3 Å². The minimum absolute atomic E-state index is 0.0261. The minimum Gasteiger partial charge on any atom is -0.455 e. The van der Waals surface area contributed by atoms with E-state index in [2.05, 4.69) is 10.3 Å². The van der Waals surface area contributed by atoms with Crippen molar-refractivity contribution in [2.45, 2.75) is 31.2 Å². The summed E-state index contributed by atoms with van der Waals surface area (Å²) in [6.45, 7) is 0.140. The molecule has 1 amide bonds. The molecule has 2 aromatic carbocycles. The van der Waals surface area contributed by atoms with Gasteiger partial charge in [-0.2, -0.15) is 0 Å². The quantitative estimate of drug-likeness (QED) is 0.414. The van der Waals surface area contributed by atoms with Gasteiger partial charge in [0.2, 0.25) is 0 Å². The molecule has 8 nitrogen and oxygen atoms in total. The van der Waals surface area contributed by atoms with E-state index in [0.29, 0.717) is 22.6 Å². The fourth-order valence-electron chi connectivity index (χ4n) is 4.34. The van der Waals surface area contributed by atoms with Gasteiger partial charge in [0.25, 0.3) is 5.91 Å². The molecule has 2 aromatic heterocycles. The maximum atomic E-state index is 13.2. The number of ether oxygens (including phenoxy) is 1. The van der Waals surface area contributed by atoms with Gasteiger partial charge in [0.1, 0.15) is 12.3 Å². The van der Waals surface area contributed by atoms with Gasteiger partial charge in [0.15, 0.2) is 0 Å². The average Bonchev–Trinajstić information content (AvgIpc) is 3.60. The molecule has 0 saturated carbocycles. The highest BCUT2D eigenvalue weighted by molar-refractivity contribution is 7.12. The topological polar surface area (TPSA) is 97.5 Å². The van der Waals surface area contributed by atoms with Gasteiger partial charge in [-0.05, 0) is 35.6 Å². The van der Waals surface area contributed by atoms with E-state index in [1.165, 1.54) is 11.3 Å². The van der Waals surface area contributed by atoms with Crippen LogP contribution in [0, 0.1) is 0 Å². The molecule has 0 aliphatic carbocycles. The number of amides is 1. The Morgan fingerprint density at radius 2 is 1.77 bits per heavy atom. The first-order chi connectivity index (χ1) is 17.1. The van der Waals surface area contributed by atoms with E-state index in [-0.39, 0.29) is 25.1 Å². The van der Waals surface area contributed by atoms with Crippen LogP contribution in [0.15, 0.2) is 84.4 Å². The van der Waals surface area contributed by atoms with Gasteiger partial charge >= 0.3 is 5.97 Å². The first-order valence-corrected chi connectivity index (χ1v) is 12.2. The summed E-state index contributed by atoms with van der Waals surface area (Å²) in [5.41, 5.74) is 1.94. The number of β-amino-alcohol motifs (C(OH)–C–C–N with tert-alkyl or cyclic N) is 1. The van der Waals surface area contributed by atoms with E-state index in [1.807, 2.05) is 47.8 Å². The first kappa shape index (κ1) is 22.9. The number of thiophene rings is 1. The lowest BCUT2D eigenvalue weighted by molar-refractivity contribution is -0.00385. The van der Waals surface area contributed by atoms with Gasteiger partial charge in [-0.3, -0.25) is 4.79 Å². The fraction of sp³-hybridized carbons (Fsp3) is 0.231. The molecular formula is C26H24N4O4S. The Morgan fingerprint density at radius 1 is 1.03 bits per heavy atom. The van der Waals surface area contributed by atoms with Gasteiger partial charge in [-0.15, -0.1) is 16.4 Å². The van der Waals surface area contributed by atoms with Gasteiger partial charge in [-0.1, -0.05) is 59.8 Å². The SMILES string of the molecule is O=C(OCc1cn([C@@H]2C[C@H](c3ccccc3)N(C(=O)c3cccs3)C[C@H]2O)nn1)c1ccccc1. The average molecular weight is 489 g/mol. The van der Waals surface area contributed by atoms with Crippen LogP contribution in [0.1, 0.15) is 49.8 Å². The molecule has 3 heterocycles. The number of aromatic nitrogens is 3. The van der Waals surface area contributed by atoms with Crippen molar-refractivity contribution in [1.29, 1.82) is 0 Å². The predicted molar refractivity (Wildman–Crippen MR) is 130 cm³/mol. The van der Waals surface area contributed by atoms with Crippen LogP contribution in [0.4, 0.5) is 0 Å². The van der Waals surface area contributed by atoms with E-state index in [0.717, 1.165) is 5.56 Å². The number of hydrogen-bond donors (Lipinski definition) is 1. The van der Waals surface area contributed by atoms with Crippen LogP contribution < -0.4 is 0 Å².